The third-order valence-electron chi connectivity index (χ3n) is 7.56. The van der Waals surface area contributed by atoms with Crippen molar-refractivity contribution in [3.63, 3.8) is 0 Å². The molecule has 0 aromatic rings. The maximum Gasteiger partial charge on any atom is 0.500 e. The number of carbonyl (C=O) groups excluding carboxylic acids is 1. The van der Waals surface area contributed by atoms with Crippen LogP contribution in [0.1, 0.15) is 6.42 Å². The van der Waals surface area contributed by atoms with E-state index in [0.29, 0.717) is 5.32 Å². The predicted molar refractivity (Wildman–Crippen MR) is 140 cm³/mol. The largest absolute Gasteiger partial charge is 0.500 e. The fraction of sp³-hybridized carbons (Fsp3) is 0.958. The van der Waals surface area contributed by atoms with E-state index >= 15 is 0 Å². The SMILES string of the molecule is CO[Si](CCCNC(=O)C(F)(OC(F)(F)C(F)(OC(F)(F)C(F)(OC(F)(F)C(F)(OC(F)(F)C(F)(OC(F)(F)C(F)(F)C(F)(F)F)C(F)(F)F)C(F)(F)F)C(F)(F)F)C(F)(F)F)C(F)(F)F)(OC)OC. The highest BCUT2D eigenvalue weighted by Crippen LogP contribution is 2.62. The van der Waals surface area contributed by atoms with Gasteiger partial charge in [-0.1, -0.05) is 0 Å². The summed E-state index contributed by atoms with van der Waals surface area (Å²) in [5.74, 6) is -57.6. The number of nitrogens with one attached hydrogen (secondary N) is 1. The highest BCUT2D eigenvalue weighted by molar-refractivity contribution is 6.60. The molecule has 0 aliphatic rings. The van der Waals surface area contributed by atoms with Crippen LogP contribution in [0.3, 0.4) is 0 Å². The minimum atomic E-state index is -9.63. The van der Waals surface area contributed by atoms with E-state index in [-0.39, 0.29) is 0 Å². The molecule has 5 unspecified atom stereocenters. The highest BCUT2D eigenvalue weighted by Gasteiger charge is 2.91. The van der Waals surface area contributed by atoms with E-state index in [9.17, 15) is 158 Å². The van der Waals surface area contributed by atoms with Crippen molar-refractivity contribution in [1.29, 1.82) is 0 Å². The zero-order chi connectivity index (χ0) is 57.1. The third kappa shape index (κ3) is 12.0. The zero-order valence-electron chi connectivity index (χ0n) is 32.0. The molecule has 0 aromatic heterocycles. The summed E-state index contributed by atoms with van der Waals surface area (Å²) in [6.45, 7) is -1.60. The summed E-state index contributed by atoms with van der Waals surface area (Å²) in [7, 11) is -1.48. The van der Waals surface area contributed by atoms with Crippen LogP contribution in [0.2, 0.25) is 6.04 Å². The van der Waals surface area contributed by atoms with Crippen molar-refractivity contribution < 1.29 is 195 Å². The van der Waals surface area contributed by atoms with Gasteiger partial charge in [-0.25, -0.2) is 0 Å². The van der Waals surface area contributed by atoms with Crippen LogP contribution >= 0.6 is 0 Å². The van der Waals surface area contributed by atoms with Gasteiger partial charge in [0.05, 0.1) is 0 Å². The first-order valence-corrected chi connectivity index (χ1v) is 17.6. The van der Waals surface area contributed by atoms with Crippen molar-refractivity contribution in [2.75, 3.05) is 27.9 Å². The second-order valence-corrected chi connectivity index (χ2v) is 15.4. The summed E-state index contributed by atoms with van der Waals surface area (Å²) < 4.78 is 500. The molecular formula is C24H16F35NO9Si. The van der Waals surface area contributed by atoms with Crippen molar-refractivity contribution >= 4 is 14.7 Å². The van der Waals surface area contributed by atoms with Crippen LogP contribution in [0.4, 0.5) is 154 Å². The Kier molecular flexibility index (Phi) is 18.5. The number of hydrogen-bond donors (Lipinski definition) is 1. The van der Waals surface area contributed by atoms with Crippen LogP contribution in [0.25, 0.3) is 0 Å². The van der Waals surface area contributed by atoms with Gasteiger partial charge in [0.2, 0.25) is 0 Å². The number of alkyl halides is 35. The maximum atomic E-state index is 14.9. The van der Waals surface area contributed by atoms with E-state index in [1.165, 1.54) is 0 Å². The van der Waals surface area contributed by atoms with Crippen LogP contribution in [0.5, 0.6) is 0 Å². The quantitative estimate of drug-likeness (QED) is 0.0609. The normalized spacial score (nSPS) is 19.7. The summed E-state index contributed by atoms with van der Waals surface area (Å²) in [5.41, 5.74) is 0. The summed E-state index contributed by atoms with van der Waals surface area (Å²) in [6.07, 6.45) is -99.2. The maximum absolute atomic E-state index is 14.9. The number of halogens is 35. The van der Waals surface area contributed by atoms with E-state index in [2.05, 4.69) is 0 Å². The van der Waals surface area contributed by atoms with E-state index in [1.54, 1.807) is 4.74 Å². The first kappa shape index (κ1) is 66.9. The average molecular weight is 1160 g/mol. The molecule has 1 N–H and O–H groups in total. The Morgan fingerprint density at radius 1 is 0.357 bits per heavy atom. The van der Waals surface area contributed by atoms with Crippen LogP contribution < -0.4 is 5.32 Å². The summed E-state index contributed by atoms with van der Waals surface area (Å²) >= 11 is 0. The molecule has 1 amide bonds. The van der Waals surface area contributed by atoms with Crippen molar-refractivity contribution in [2.24, 2.45) is 0 Å². The molecule has 0 rings (SSSR count). The van der Waals surface area contributed by atoms with E-state index < -0.39 is 137 Å². The van der Waals surface area contributed by atoms with Crippen molar-refractivity contribution in [3.8, 4) is 0 Å². The molecule has 0 aromatic carbocycles. The van der Waals surface area contributed by atoms with Gasteiger partial charge in [0, 0.05) is 33.9 Å². The molecule has 0 aliphatic heterocycles. The minimum Gasteiger partial charge on any atom is -0.377 e. The Balaban J connectivity index is 7.88. The van der Waals surface area contributed by atoms with Crippen molar-refractivity contribution in [1.82, 2.24) is 5.32 Å². The second-order valence-electron chi connectivity index (χ2n) is 12.3. The third-order valence-corrected chi connectivity index (χ3v) is 10.4. The smallest absolute Gasteiger partial charge is 0.377 e. The molecule has 70 heavy (non-hydrogen) atoms. The fourth-order valence-electron chi connectivity index (χ4n) is 3.91. The van der Waals surface area contributed by atoms with Gasteiger partial charge in [0.1, 0.15) is 0 Å². The molecule has 0 aliphatic carbocycles. The van der Waals surface area contributed by atoms with Gasteiger partial charge in [0.15, 0.2) is 0 Å². The lowest BCUT2D eigenvalue weighted by Gasteiger charge is -2.44. The fourth-order valence-corrected chi connectivity index (χ4v) is 5.64. The number of rotatable bonds is 23. The lowest BCUT2D eigenvalue weighted by molar-refractivity contribution is -0.600. The van der Waals surface area contributed by atoms with Crippen molar-refractivity contribution in [3.05, 3.63) is 0 Å². The van der Waals surface area contributed by atoms with Gasteiger partial charge in [-0.05, 0) is 6.42 Å². The molecular weight excluding hydrogens is 1140 g/mol. The van der Waals surface area contributed by atoms with Gasteiger partial charge in [-0.2, -0.15) is 154 Å². The summed E-state index contributed by atoms with van der Waals surface area (Å²) in [6, 6.07) is -0.736. The van der Waals surface area contributed by atoms with Gasteiger partial charge < -0.3 is 18.6 Å². The topological polar surface area (TPSA) is 103 Å². The molecule has 10 nitrogen and oxygen atoms in total. The molecule has 420 valence electrons. The van der Waals surface area contributed by atoms with E-state index in [1.807, 2.05) is 0 Å². The van der Waals surface area contributed by atoms with E-state index in [4.69, 9.17) is 13.3 Å². The average Bonchev–Trinajstić information content (AvgIpc) is 3.11. The Labute approximate surface area is 359 Å². The van der Waals surface area contributed by atoms with Crippen LogP contribution in [-0.4, -0.2) is 145 Å². The van der Waals surface area contributed by atoms with E-state index in [0.717, 1.165) is 40.3 Å². The van der Waals surface area contributed by atoms with Crippen LogP contribution in [0.15, 0.2) is 0 Å². The number of carbonyl (C=O) groups is 1. The monoisotopic (exact) mass is 1160 g/mol. The van der Waals surface area contributed by atoms with Crippen LogP contribution in [-0.2, 0) is 41.8 Å². The highest BCUT2D eigenvalue weighted by atomic mass is 28.4. The van der Waals surface area contributed by atoms with Gasteiger partial charge in [-0.15, -0.1) is 0 Å². The summed E-state index contributed by atoms with van der Waals surface area (Å²) in [5, 5.41) is 0.546. The molecule has 0 heterocycles. The minimum absolute atomic E-state index is 0.546. The molecule has 0 bridgehead atoms. The predicted octanol–water partition coefficient (Wildman–Crippen LogP) is 10.8. The Bertz CT molecular complexity index is 1770. The van der Waals surface area contributed by atoms with Crippen LogP contribution in [0, 0.1) is 0 Å². The number of amides is 1. The molecule has 46 heteroatoms. The summed E-state index contributed by atoms with van der Waals surface area (Å²) in [4.78, 5) is 11.9. The Hall–Kier alpha value is -3.08. The molecule has 0 saturated heterocycles. The standard InChI is InChI=1S/C24H16F35NO9Si/c1-62-70(63-2,64-3)6-4-5-60-7(61)8(25,14(32,33)34)65-21(52,53)10(28,16(38,39)40)67-23(56,57)12(30,18(44,45)46)69-24(58,59)13(31,19(47,48)49)68-22(54,55)11(29,17(41,42)43)66-20(50,51)9(26,27)15(35,36)37/h4-6H2,1-3H3,(H,60,61). The molecule has 0 saturated carbocycles. The Morgan fingerprint density at radius 3 is 0.814 bits per heavy atom. The number of ether oxygens (including phenoxy) is 5. The first-order chi connectivity index (χ1) is 30.1. The van der Waals surface area contributed by atoms with Crippen molar-refractivity contribution in [2.45, 2.75) is 115 Å². The molecule has 0 radical (unpaired) electrons. The Morgan fingerprint density at radius 2 is 0.600 bits per heavy atom. The van der Waals surface area contributed by atoms with Gasteiger partial charge in [0.25, 0.3) is 5.91 Å². The molecule has 0 fully saturated rings. The number of hydrogen-bond acceptors (Lipinski definition) is 9. The lowest BCUT2D eigenvalue weighted by atomic mass is 10.2. The molecule has 0 spiro atoms. The lowest BCUT2D eigenvalue weighted by Crippen LogP contribution is -2.73. The first-order valence-electron chi connectivity index (χ1n) is 15.7. The molecule has 5 atom stereocenters. The zero-order valence-corrected chi connectivity index (χ0v) is 33.0. The van der Waals surface area contributed by atoms with Gasteiger partial charge >= 0.3 is 112 Å². The second kappa shape index (κ2) is 19.3. The van der Waals surface area contributed by atoms with Gasteiger partial charge in [-0.3, -0.25) is 28.5 Å².